The molecule has 0 fully saturated rings. The minimum absolute atomic E-state index is 0.171. The van der Waals surface area contributed by atoms with E-state index in [-0.39, 0.29) is 5.02 Å². The monoisotopic (exact) mass is 292 g/mol. The summed E-state index contributed by atoms with van der Waals surface area (Å²) in [6.07, 6.45) is 0. The lowest BCUT2D eigenvalue weighted by molar-refractivity contribution is 0.0423. The Hall–Kier alpha value is -0.460. The molecule has 1 unspecified atom stereocenters. The Morgan fingerprint density at radius 1 is 1.19 bits per heavy atom. The standard InChI is InChI=1S/C8H5Cl2F3O2S/c9-5-1-3-6(4-2-5)16(14,15)8(12,13)7(10)11/h1-4,7H. The summed E-state index contributed by atoms with van der Waals surface area (Å²) >= 11 is 9.97. The maximum atomic E-state index is 13.0. The SMILES string of the molecule is O=S(=O)(c1ccc(Cl)cc1)C(F)(F)C(F)Cl. The molecule has 0 radical (unpaired) electrons. The van der Waals surface area contributed by atoms with Gasteiger partial charge in [-0.25, -0.2) is 12.8 Å². The van der Waals surface area contributed by atoms with Crippen molar-refractivity contribution in [3.05, 3.63) is 29.3 Å². The van der Waals surface area contributed by atoms with Gasteiger partial charge in [0.25, 0.3) is 5.63 Å². The van der Waals surface area contributed by atoms with Crippen molar-refractivity contribution < 1.29 is 21.6 Å². The lowest BCUT2D eigenvalue weighted by Crippen LogP contribution is -2.35. The van der Waals surface area contributed by atoms with Crippen LogP contribution in [0.2, 0.25) is 5.02 Å². The van der Waals surface area contributed by atoms with Crippen LogP contribution in [-0.2, 0) is 9.84 Å². The maximum Gasteiger partial charge on any atom is 0.393 e. The Kier molecular flexibility index (Phi) is 3.76. The van der Waals surface area contributed by atoms with E-state index in [4.69, 9.17) is 11.6 Å². The van der Waals surface area contributed by atoms with E-state index in [9.17, 15) is 21.6 Å². The number of hydrogen-bond donors (Lipinski definition) is 0. The van der Waals surface area contributed by atoms with Crippen LogP contribution in [0, 0.1) is 0 Å². The number of alkyl halides is 4. The van der Waals surface area contributed by atoms with Gasteiger partial charge in [0.05, 0.1) is 4.90 Å². The molecule has 0 amide bonds. The van der Waals surface area contributed by atoms with Crippen LogP contribution in [0.25, 0.3) is 0 Å². The molecule has 16 heavy (non-hydrogen) atoms. The molecule has 0 N–H and O–H groups in total. The zero-order chi connectivity index (χ0) is 12.6. The molecule has 90 valence electrons. The fourth-order valence-electron chi connectivity index (χ4n) is 0.888. The van der Waals surface area contributed by atoms with E-state index in [1.165, 1.54) is 0 Å². The van der Waals surface area contributed by atoms with Gasteiger partial charge >= 0.3 is 5.25 Å². The third-order valence-corrected chi connectivity index (χ3v) is 4.21. The van der Waals surface area contributed by atoms with Crippen LogP contribution in [0.3, 0.4) is 0 Å². The van der Waals surface area contributed by atoms with E-state index in [0.717, 1.165) is 24.3 Å². The predicted molar refractivity (Wildman–Crippen MR) is 54.3 cm³/mol. The molecule has 0 spiro atoms. The largest absolute Gasteiger partial charge is 0.393 e. The Bertz CT molecular complexity index is 471. The molecule has 1 aromatic carbocycles. The Morgan fingerprint density at radius 2 is 1.62 bits per heavy atom. The van der Waals surface area contributed by atoms with Crippen LogP contribution in [0.15, 0.2) is 29.2 Å². The first-order valence-corrected chi connectivity index (χ1v) is 6.15. The molecule has 2 nitrogen and oxygen atoms in total. The molecule has 0 aliphatic heterocycles. The first kappa shape index (κ1) is 13.6. The minimum atomic E-state index is -5.15. The molecule has 0 saturated carbocycles. The van der Waals surface area contributed by atoms with Crippen molar-refractivity contribution in [2.75, 3.05) is 0 Å². The van der Waals surface area contributed by atoms with Crippen LogP contribution in [0.1, 0.15) is 0 Å². The highest BCUT2D eigenvalue weighted by molar-refractivity contribution is 7.92. The van der Waals surface area contributed by atoms with Gasteiger partial charge in [0.1, 0.15) is 0 Å². The summed E-state index contributed by atoms with van der Waals surface area (Å²) in [7, 11) is -5.15. The van der Waals surface area contributed by atoms with Crippen molar-refractivity contribution in [3.8, 4) is 0 Å². The molecule has 0 aromatic heterocycles. The maximum absolute atomic E-state index is 13.0. The molecule has 1 aromatic rings. The fraction of sp³-hybridized carbons (Fsp3) is 0.250. The molecule has 1 rings (SSSR count). The van der Waals surface area contributed by atoms with Gasteiger partial charge in [-0.3, -0.25) is 0 Å². The summed E-state index contributed by atoms with van der Waals surface area (Å²) in [4.78, 5) is -0.745. The van der Waals surface area contributed by atoms with Crippen LogP contribution in [0.5, 0.6) is 0 Å². The van der Waals surface area contributed by atoms with E-state index in [2.05, 4.69) is 11.6 Å². The van der Waals surface area contributed by atoms with Gasteiger partial charge < -0.3 is 0 Å². The van der Waals surface area contributed by atoms with Gasteiger partial charge in [-0.15, -0.1) is 0 Å². The summed E-state index contributed by atoms with van der Waals surface area (Å²) in [5, 5.41) is -4.51. The van der Waals surface area contributed by atoms with Crippen molar-refractivity contribution in [1.29, 1.82) is 0 Å². The summed E-state index contributed by atoms with van der Waals surface area (Å²) in [5.41, 5.74) is -3.31. The van der Waals surface area contributed by atoms with Crippen LogP contribution in [0.4, 0.5) is 13.2 Å². The van der Waals surface area contributed by atoms with Gasteiger partial charge in [0.15, 0.2) is 0 Å². The van der Waals surface area contributed by atoms with Gasteiger partial charge in [0, 0.05) is 5.02 Å². The first-order valence-electron chi connectivity index (χ1n) is 3.86. The fourth-order valence-corrected chi connectivity index (χ4v) is 2.41. The van der Waals surface area contributed by atoms with Crippen molar-refractivity contribution in [3.63, 3.8) is 0 Å². The lowest BCUT2D eigenvalue weighted by Gasteiger charge is -2.16. The minimum Gasteiger partial charge on any atom is -0.222 e. The average molecular weight is 293 g/mol. The van der Waals surface area contributed by atoms with Crippen LogP contribution in [-0.4, -0.2) is 19.3 Å². The van der Waals surface area contributed by atoms with E-state index < -0.39 is 25.6 Å². The number of hydrogen-bond acceptors (Lipinski definition) is 2. The first-order chi connectivity index (χ1) is 7.19. The second kappa shape index (κ2) is 4.43. The van der Waals surface area contributed by atoms with Crippen molar-refractivity contribution in [1.82, 2.24) is 0 Å². The quantitative estimate of drug-likeness (QED) is 0.802. The highest BCUT2D eigenvalue weighted by Crippen LogP contribution is 2.35. The topological polar surface area (TPSA) is 34.1 Å². The molecule has 8 heteroatoms. The molecule has 0 aliphatic rings. The average Bonchev–Trinajstić information content (AvgIpc) is 2.17. The lowest BCUT2D eigenvalue weighted by atomic mass is 10.4. The van der Waals surface area contributed by atoms with Crippen LogP contribution >= 0.6 is 23.2 Å². The van der Waals surface area contributed by atoms with Crippen molar-refractivity contribution in [2.45, 2.75) is 15.8 Å². The number of rotatable bonds is 3. The smallest absolute Gasteiger partial charge is 0.222 e. The molecule has 0 bridgehead atoms. The summed E-state index contributed by atoms with van der Waals surface area (Å²) in [6.45, 7) is 0. The highest BCUT2D eigenvalue weighted by atomic mass is 35.5. The predicted octanol–water partition coefficient (Wildman–Crippen LogP) is 3.24. The Morgan fingerprint density at radius 3 is 2.00 bits per heavy atom. The van der Waals surface area contributed by atoms with Gasteiger partial charge in [-0.2, -0.15) is 8.78 Å². The molecular formula is C8H5Cl2F3O2S. The zero-order valence-corrected chi connectivity index (χ0v) is 9.83. The molecule has 0 aliphatic carbocycles. The molecule has 1 atom stereocenters. The highest BCUT2D eigenvalue weighted by Gasteiger charge is 2.53. The van der Waals surface area contributed by atoms with Gasteiger partial charge in [-0.1, -0.05) is 23.2 Å². The summed E-state index contributed by atoms with van der Waals surface area (Å²) < 4.78 is 60.9. The molecule has 0 heterocycles. The zero-order valence-electron chi connectivity index (χ0n) is 7.50. The van der Waals surface area contributed by atoms with E-state index in [0.29, 0.717) is 0 Å². The van der Waals surface area contributed by atoms with Crippen molar-refractivity contribution >= 4 is 33.0 Å². The number of sulfone groups is 1. The second-order valence-corrected chi connectivity index (χ2v) is 5.66. The van der Waals surface area contributed by atoms with Gasteiger partial charge in [0.2, 0.25) is 9.84 Å². The van der Waals surface area contributed by atoms with E-state index >= 15 is 0 Å². The van der Waals surface area contributed by atoms with E-state index in [1.54, 1.807) is 0 Å². The summed E-state index contributed by atoms with van der Waals surface area (Å²) in [5.74, 6) is 0. The van der Waals surface area contributed by atoms with Crippen LogP contribution < -0.4 is 0 Å². The number of benzene rings is 1. The van der Waals surface area contributed by atoms with E-state index in [1.807, 2.05) is 0 Å². The second-order valence-electron chi connectivity index (χ2n) is 2.82. The Labute approximate surface area is 99.9 Å². The normalized spacial score (nSPS) is 14.8. The Balaban J connectivity index is 3.27. The molecule has 0 saturated heterocycles. The molecular weight excluding hydrogens is 288 g/mol. The third kappa shape index (κ3) is 2.28. The van der Waals surface area contributed by atoms with Crippen molar-refractivity contribution in [2.24, 2.45) is 0 Å². The number of halogens is 5. The summed E-state index contributed by atoms with van der Waals surface area (Å²) in [6, 6.07) is 3.91. The van der Waals surface area contributed by atoms with Gasteiger partial charge in [-0.05, 0) is 24.3 Å². The third-order valence-electron chi connectivity index (χ3n) is 1.74.